The molecular weight excluding hydrogens is 503 g/mol. The largest absolute Gasteiger partial charge is 0.417 e. The van der Waals surface area contributed by atoms with Crippen molar-refractivity contribution in [3.05, 3.63) is 78.4 Å². The molecule has 1 aliphatic heterocycles. The highest BCUT2D eigenvalue weighted by Gasteiger charge is 2.35. The molecule has 1 unspecified atom stereocenters. The Kier molecular flexibility index (Phi) is 6.33. The van der Waals surface area contributed by atoms with Gasteiger partial charge in [-0.15, -0.1) is 0 Å². The van der Waals surface area contributed by atoms with Crippen molar-refractivity contribution in [3.8, 4) is 33.8 Å². The Labute approximate surface area is 212 Å². The third-order valence-corrected chi connectivity index (χ3v) is 7.51. The lowest BCUT2D eigenvalue weighted by molar-refractivity contribution is -0.137. The molecule has 0 saturated carbocycles. The number of aliphatic hydroxyl groups excluding tert-OH is 1. The maximum absolute atomic E-state index is 13.7. The van der Waals surface area contributed by atoms with Gasteiger partial charge in [-0.05, 0) is 35.7 Å². The van der Waals surface area contributed by atoms with Crippen LogP contribution in [-0.4, -0.2) is 48.9 Å². The SMILES string of the molecule is CS(=O)(=O)c1cccc(-c2ccc(-c3[nH]c(-c4ccccc4C(F)(F)F)nc3N3CCC(O)C3)cc2)c1. The van der Waals surface area contributed by atoms with Crippen LogP contribution in [0.5, 0.6) is 0 Å². The fraction of sp³-hybridized carbons (Fsp3) is 0.222. The topological polar surface area (TPSA) is 86.3 Å². The van der Waals surface area contributed by atoms with E-state index in [4.69, 9.17) is 0 Å². The molecule has 5 rings (SSSR count). The standard InChI is InChI=1S/C27H24F3N3O3S/c1-37(35,36)21-6-4-5-19(15-21)17-9-11-18(12-10-17)24-26(33-14-13-20(34)16-33)32-25(31-24)22-7-2-3-8-23(22)27(28,29)30/h2-12,15,20,34H,13-14,16H2,1H3,(H,31,32). The first-order valence-electron chi connectivity index (χ1n) is 11.6. The Balaban J connectivity index is 1.58. The quantitative estimate of drug-likeness (QED) is 0.363. The molecule has 2 N–H and O–H groups in total. The van der Waals surface area contributed by atoms with Crippen molar-refractivity contribution in [2.45, 2.75) is 23.6 Å². The fourth-order valence-corrected chi connectivity index (χ4v) is 5.20. The van der Waals surface area contributed by atoms with E-state index in [9.17, 15) is 26.7 Å². The van der Waals surface area contributed by atoms with E-state index >= 15 is 0 Å². The average Bonchev–Trinajstić information content (AvgIpc) is 3.50. The minimum atomic E-state index is -4.55. The Hall–Kier alpha value is -3.63. The molecule has 1 atom stereocenters. The highest BCUT2D eigenvalue weighted by atomic mass is 32.2. The number of halogens is 3. The monoisotopic (exact) mass is 527 g/mol. The fourth-order valence-electron chi connectivity index (χ4n) is 4.53. The van der Waals surface area contributed by atoms with Gasteiger partial charge in [0.15, 0.2) is 15.7 Å². The van der Waals surface area contributed by atoms with Crippen molar-refractivity contribution >= 4 is 15.7 Å². The van der Waals surface area contributed by atoms with Crippen molar-refractivity contribution in [3.63, 3.8) is 0 Å². The number of rotatable bonds is 5. The van der Waals surface area contributed by atoms with Gasteiger partial charge in [-0.2, -0.15) is 13.2 Å². The first kappa shape index (κ1) is 25.0. The van der Waals surface area contributed by atoms with Crippen LogP contribution in [-0.2, 0) is 16.0 Å². The molecule has 1 aromatic heterocycles. The van der Waals surface area contributed by atoms with Crippen LogP contribution in [0.25, 0.3) is 33.8 Å². The zero-order valence-electron chi connectivity index (χ0n) is 19.8. The van der Waals surface area contributed by atoms with Gasteiger partial charge in [0.2, 0.25) is 0 Å². The molecule has 3 aromatic carbocycles. The lowest BCUT2D eigenvalue weighted by Gasteiger charge is -2.16. The molecule has 6 nitrogen and oxygen atoms in total. The molecule has 4 aromatic rings. The van der Waals surface area contributed by atoms with E-state index in [-0.39, 0.29) is 16.3 Å². The van der Waals surface area contributed by atoms with Crippen LogP contribution in [0.4, 0.5) is 19.0 Å². The van der Waals surface area contributed by atoms with Gasteiger partial charge in [-0.1, -0.05) is 54.6 Å². The van der Waals surface area contributed by atoms with E-state index in [1.165, 1.54) is 24.3 Å². The summed E-state index contributed by atoms with van der Waals surface area (Å²) >= 11 is 0. The summed E-state index contributed by atoms with van der Waals surface area (Å²) in [5.41, 5.74) is 1.90. The van der Waals surface area contributed by atoms with E-state index < -0.39 is 27.7 Å². The van der Waals surface area contributed by atoms with Gasteiger partial charge in [0.25, 0.3) is 0 Å². The van der Waals surface area contributed by atoms with Crippen molar-refractivity contribution in [1.29, 1.82) is 0 Å². The number of β-amino-alcohol motifs (C(OH)–C–C–N with tert-alkyl or cyclic N) is 1. The van der Waals surface area contributed by atoms with Crippen LogP contribution in [0.15, 0.2) is 77.7 Å². The van der Waals surface area contributed by atoms with Crippen LogP contribution >= 0.6 is 0 Å². The molecule has 1 aliphatic rings. The second-order valence-corrected chi connectivity index (χ2v) is 11.1. The number of aromatic amines is 1. The van der Waals surface area contributed by atoms with Gasteiger partial charge in [0.1, 0.15) is 5.82 Å². The Bertz CT molecular complexity index is 1550. The molecule has 192 valence electrons. The summed E-state index contributed by atoms with van der Waals surface area (Å²) in [7, 11) is -3.36. The number of nitrogens with one attached hydrogen (secondary N) is 1. The summed E-state index contributed by atoms with van der Waals surface area (Å²) in [6.07, 6.45) is -3.40. The Morgan fingerprint density at radius 3 is 2.32 bits per heavy atom. The smallest absolute Gasteiger partial charge is 0.391 e. The molecule has 10 heteroatoms. The molecule has 0 bridgehead atoms. The summed E-state index contributed by atoms with van der Waals surface area (Å²) in [6.45, 7) is 0.852. The molecule has 1 saturated heterocycles. The molecule has 0 spiro atoms. The molecule has 1 fully saturated rings. The zero-order chi connectivity index (χ0) is 26.4. The number of hydrogen-bond acceptors (Lipinski definition) is 5. The van der Waals surface area contributed by atoms with Crippen LogP contribution in [0.3, 0.4) is 0 Å². The minimum absolute atomic E-state index is 0.0588. The summed E-state index contributed by atoms with van der Waals surface area (Å²) in [6, 6.07) is 19.2. The van der Waals surface area contributed by atoms with Crippen LogP contribution in [0.1, 0.15) is 12.0 Å². The van der Waals surface area contributed by atoms with Crippen LogP contribution < -0.4 is 4.90 Å². The Morgan fingerprint density at radius 2 is 1.68 bits per heavy atom. The molecule has 0 radical (unpaired) electrons. The third-order valence-electron chi connectivity index (χ3n) is 6.40. The number of H-pyrrole nitrogens is 1. The highest BCUT2D eigenvalue weighted by molar-refractivity contribution is 7.90. The van der Waals surface area contributed by atoms with Crippen LogP contribution in [0, 0.1) is 0 Å². The van der Waals surface area contributed by atoms with Crippen molar-refractivity contribution in [1.82, 2.24) is 9.97 Å². The highest BCUT2D eigenvalue weighted by Crippen LogP contribution is 2.39. The summed E-state index contributed by atoms with van der Waals surface area (Å²) in [4.78, 5) is 9.73. The number of aromatic nitrogens is 2. The number of nitrogens with zero attached hydrogens (tertiary/aromatic N) is 2. The van der Waals surface area contributed by atoms with E-state index in [0.717, 1.165) is 23.4 Å². The first-order chi connectivity index (χ1) is 17.5. The van der Waals surface area contributed by atoms with E-state index in [0.29, 0.717) is 36.6 Å². The van der Waals surface area contributed by atoms with Crippen molar-refractivity contribution in [2.75, 3.05) is 24.2 Å². The predicted octanol–water partition coefficient (Wildman–Crippen LogP) is 5.40. The number of alkyl halides is 3. The second-order valence-electron chi connectivity index (χ2n) is 9.09. The molecule has 0 amide bonds. The number of imidazole rings is 1. The maximum atomic E-state index is 13.7. The Morgan fingerprint density at radius 1 is 0.973 bits per heavy atom. The molecule has 37 heavy (non-hydrogen) atoms. The normalized spacial score (nSPS) is 16.4. The third kappa shape index (κ3) is 5.12. The van der Waals surface area contributed by atoms with Gasteiger partial charge >= 0.3 is 6.18 Å². The summed E-state index contributed by atoms with van der Waals surface area (Å²) in [5, 5.41) is 10.1. The summed E-state index contributed by atoms with van der Waals surface area (Å²) < 4.78 is 65.0. The molecular formula is C27H24F3N3O3S. The lowest BCUT2D eigenvalue weighted by atomic mass is 10.0. The first-order valence-corrected chi connectivity index (χ1v) is 13.5. The second kappa shape index (κ2) is 9.35. The van der Waals surface area contributed by atoms with E-state index in [1.807, 2.05) is 35.2 Å². The number of aliphatic hydroxyl groups is 1. The molecule has 2 heterocycles. The number of hydrogen-bond donors (Lipinski definition) is 2. The van der Waals surface area contributed by atoms with Gasteiger partial charge < -0.3 is 15.0 Å². The lowest BCUT2D eigenvalue weighted by Crippen LogP contribution is -2.22. The van der Waals surface area contributed by atoms with Crippen molar-refractivity contribution in [2.24, 2.45) is 0 Å². The summed E-state index contributed by atoms with van der Waals surface area (Å²) in [5.74, 6) is 0.555. The van der Waals surface area contributed by atoms with Gasteiger partial charge in [0, 0.05) is 30.5 Å². The van der Waals surface area contributed by atoms with Gasteiger partial charge in [0.05, 0.1) is 22.3 Å². The van der Waals surface area contributed by atoms with Crippen molar-refractivity contribution < 1.29 is 26.7 Å². The van der Waals surface area contributed by atoms with Crippen LogP contribution in [0.2, 0.25) is 0 Å². The van der Waals surface area contributed by atoms with E-state index in [2.05, 4.69) is 9.97 Å². The van der Waals surface area contributed by atoms with E-state index in [1.54, 1.807) is 12.1 Å². The number of sulfone groups is 1. The van der Waals surface area contributed by atoms with Gasteiger partial charge in [-0.3, -0.25) is 0 Å². The average molecular weight is 528 g/mol. The number of benzene rings is 3. The predicted molar refractivity (Wildman–Crippen MR) is 136 cm³/mol. The maximum Gasteiger partial charge on any atom is 0.417 e. The number of anilines is 1. The minimum Gasteiger partial charge on any atom is -0.391 e. The van der Waals surface area contributed by atoms with Gasteiger partial charge in [-0.25, -0.2) is 13.4 Å². The zero-order valence-corrected chi connectivity index (χ0v) is 20.6. The molecule has 0 aliphatic carbocycles.